The van der Waals surface area contributed by atoms with Crippen molar-refractivity contribution in [3.8, 4) is 0 Å². The van der Waals surface area contributed by atoms with Crippen molar-refractivity contribution in [2.45, 2.75) is 30.6 Å². The molecule has 0 radical (unpaired) electrons. The third-order valence-corrected chi connectivity index (χ3v) is 8.53. The molecule has 2 aliphatic heterocycles. The summed E-state index contributed by atoms with van der Waals surface area (Å²) in [6.07, 6.45) is -6.11. The Morgan fingerprint density at radius 1 is 0.925 bits per heavy atom. The van der Waals surface area contributed by atoms with Crippen molar-refractivity contribution in [3.63, 3.8) is 0 Å². The van der Waals surface area contributed by atoms with Crippen LogP contribution < -0.4 is 5.32 Å². The smallest absolute Gasteiger partial charge is 0.259 e. The molecule has 40 heavy (non-hydrogen) atoms. The molecule has 3 aromatic carbocycles. The Morgan fingerprint density at radius 2 is 1.57 bits per heavy atom. The molecule has 1 fully saturated rings. The molecule has 2 amide bonds. The van der Waals surface area contributed by atoms with Gasteiger partial charge < -0.3 is 29.6 Å². The molecule has 5 aromatic rings. The van der Waals surface area contributed by atoms with Crippen LogP contribution in [0.25, 0.3) is 43.6 Å². The molecule has 0 aliphatic carbocycles. The Hall–Kier alpha value is -3.75. The maximum absolute atomic E-state index is 14.6. The molecule has 4 heterocycles. The Morgan fingerprint density at radius 3 is 2.27 bits per heavy atom. The second-order valence-corrected chi connectivity index (χ2v) is 11.6. The fraction of sp³-hybridized carbons (Fsp3) is 0.259. The standard InChI is InChI=1S/C27H21F2N3O7S/c1-40(38)8-15-22(33)23(34)24(35)27(39-15)32-14-5-3-10(29)7-12(14)17-19-18(25(36)31-26(19)37)16-11-6-9(28)2-4-13(11)30-20(16)21(17)32/h2-7,15,22-24,27,30,33-35H,8H2,1H3,(H,31,36,37)/t15-,22-,23+,24-,27?,40?/m1/s1. The summed E-state index contributed by atoms with van der Waals surface area (Å²) >= 11 is 0. The summed E-state index contributed by atoms with van der Waals surface area (Å²) in [6.45, 7) is 0. The minimum atomic E-state index is -1.71. The van der Waals surface area contributed by atoms with E-state index in [1.54, 1.807) is 0 Å². The summed E-state index contributed by atoms with van der Waals surface area (Å²) in [5.74, 6) is -2.80. The number of amides is 2. The first kappa shape index (κ1) is 25.2. The fourth-order valence-corrected chi connectivity index (χ4v) is 6.84. The van der Waals surface area contributed by atoms with E-state index in [9.17, 15) is 37.9 Å². The first-order valence-corrected chi connectivity index (χ1v) is 14.0. The molecule has 5 N–H and O–H groups in total. The zero-order valence-corrected chi connectivity index (χ0v) is 21.5. The summed E-state index contributed by atoms with van der Waals surface area (Å²) < 4.78 is 48.6. The first-order chi connectivity index (χ1) is 19.1. The quantitative estimate of drug-likeness (QED) is 0.208. The Balaban J connectivity index is 1.67. The van der Waals surface area contributed by atoms with Crippen molar-refractivity contribution in [2.24, 2.45) is 0 Å². The number of hydrogen-bond acceptors (Lipinski definition) is 7. The molecular weight excluding hydrogens is 548 g/mol. The third kappa shape index (κ3) is 3.35. The number of benzene rings is 3. The van der Waals surface area contributed by atoms with Crippen LogP contribution in [0.1, 0.15) is 26.9 Å². The molecule has 7 rings (SSSR count). The van der Waals surface area contributed by atoms with Crippen LogP contribution in [0.4, 0.5) is 8.78 Å². The first-order valence-electron chi connectivity index (χ1n) is 12.3. The van der Waals surface area contributed by atoms with Gasteiger partial charge in [-0.05, 0) is 36.4 Å². The molecule has 13 heteroatoms. The van der Waals surface area contributed by atoms with E-state index in [0.717, 1.165) is 0 Å². The molecule has 2 aromatic heterocycles. The van der Waals surface area contributed by atoms with E-state index in [2.05, 4.69) is 10.3 Å². The molecule has 1 saturated heterocycles. The molecule has 6 atom stereocenters. The number of imide groups is 1. The Kier molecular flexibility index (Phi) is 5.44. The van der Waals surface area contributed by atoms with Crippen molar-refractivity contribution in [1.82, 2.24) is 14.9 Å². The number of carbonyl (C=O) groups excluding carboxylic acids is 2. The van der Waals surface area contributed by atoms with Gasteiger partial charge in [-0.3, -0.25) is 19.1 Å². The van der Waals surface area contributed by atoms with Gasteiger partial charge in [0.25, 0.3) is 11.8 Å². The van der Waals surface area contributed by atoms with Crippen LogP contribution in [0.2, 0.25) is 0 Å². The fourth-order valence-electron chi connectivity index (χ4n) is 6.10. The van der Waals surface area contributed by atoms with E-state index in [1.165, 1.54) is 47.2 Å². The van der Waals surface area contributed by atoms with Crippen molar-refractivity contribution in [3.05, 3.63) is 59.2 Å². The Labute approximate surface area is 225 Å². The number of aliphatic hydroxyl groups excluding tert-OH is 3. The lowest BCUT2D eigenvalue weighted by Gasteiger charge is -2.41. The predicted octanol–water partition coefficient (Wildman–Crippen LogP) is 1.95. The summed E-state index contributed by atoms with van der Waals surface area (Å²) in [5, 5.41) is 35.7. The number of rotatable bonds is 3. The highest BCUT2D eigenvalue weighted by molar-refractivity contribution is 7.84. The number of halogens is 2. The Bertz CT molecular complexity index is 1970. The van der Waals surface area contributed by atoms with Gasteiger partial charge in [-0.25, -0.2) is 8.78 Å². The number of H-pyrrole nitrogens is 1. The van der Waals surface area contributed by atoms with Crippen LogP contribution in [0, 0.1) is 11.6 Å². The highest BCUT2D eigenvalue weighted by atomic mass is 32.2. The van der Waals surface area contributed by atoms with E-state index in [4.69, 9.17) is 4.74 Å². The van der Waals surface area contributed by atoms with Crippen LogP contribution in [0.3, 0.4) is 0 Å². The van der Waals surface area contributed by atoms with Crippen LogP contribution in [0.5, 0.6) is 0 Å². The summed E-state index contributed by atoms with van der Waals surface area (Å²) in [4.78, 5) is 29.4. The van der Waals surface area contributed by atoms with Crippen LogP contribution in [0.15, 0.2) is 36.4 Å². The van der Waals surface area contributed by atoms with E-state index in [-0.39, 0.29) is 49.6 Å². The molecule has 2 aliphatic rings. The number of nitrogens with zero attached hydrogens (tertiary/aromatic N) is 1. The van der Waals surface area contributed by atoms with Gasteiger partial charge in [-0.15, -0.1) is 0 Å². The number of aromatic nitrogens is 2. The van der Waals surface area contributed by atoms with Crippen molar-refractivity contribution < 1.29 is 42.6 Å². The lowest BCUT2D eigenvalue weighted by atomic mass is 9.96. The monoisotopic (exact) mass is 569 g/mol. The van der Waals surface area contributed by atoms with Crippen molar-refractivity contribution >= 4 is 66.2 Å². The van der Waals surface area contributed by atoms with E-state index >= 15 is 0 Å². The molecule has 206 valence electrons. The lowest BCUT2D eigenvalue weighted by Crippen LogP contribution is -2.56. The number of aromatic amines is 1. The van der Waals surface area contributed by atoms with Crippen molar-refractivity contribution in [1.29, 1.82) is 0 Å². The third-order valence-electron chi connectivity index (χ3n) is 7.73. The lowest BCUT2D eigenvalue weighted by molar-refractivity contribution is -0.236. The highest BCUT2D eigenvalue weighted by Gasteiger charge is 2.46. The van der Waals surface area contributed by atoms with Gasteiger partial charge in [-0.2, -0.15) is 0 Å². The van der Waals surface area contributed by atoms with E-state index in [1.807, 2.05) is 0 Å². The summed E-state index contributed by atoms with van der Waals surface area (Å²) in [7, 11) is -1.44. The van der Waals surface area contributed by atoms with Gasteiger partial charge >= 0.3 is 0 Å². The van der Waals surface area contributed by atoms with Gasteiger partial charge in [0, 0.05) is 44.1 Å². The zero-order valence-electron chi connectivity index (χ0n) is 20.6. The average molecular weight is 570 g/mol. The van der Waals surface area contributed by atoms with Crippen LogP contribution >= 0.6 is 0 Å². The zero-order chi connectivity index (χ0) is 28.2. The minimum Gasteiger partial charge on any atom is -0.388 e. The number of hydrogen-bond donors (Lipinski definition) is 5. The number of nitrogens with one attached hydrogen (secondary N) is 2. The second kappa shape index (κ2) is 8.62. The van der Waals surface area contributed by atoms with E-state index in [0.29, 0.717) is 10.9 Å². The largest absolute Gasteiger partial charge is 0.388 e. The summed E-state index contributed by atoms with van der Waals surface area (Å²) in [6, 6.07) is 7.68. The topological polar surface area (TPSA) is 154 Å². The highest BCUT2D eigenvalue weighted by Crippen LogP contribution is 2.46. The van der Waals surface area contributed by atoms with Crippen LogP contribution in [-0.4, -0.2) is 77.3 Å². The normalized spacial score (nSPS) is 25.8. The number of fused-ring (bicyclic) bond motifs is 10. The molecule has 10 nitrogen and oxygen atoms in total. The molecular formula is C27H21F2N3O7S. The van der Waals surface area contributed by atoms with Gasteiger partial charge in [0.1, 0.15) is 36.1 Å². The molecule has 0 bridgehead atoms. The molecule has 0 spiro atoms. The van der Waals surface area contributed by atoms with Gasteiger partial charge in [0.2, 0.25) is 0 Å². The number of aliphatic hydroxyl groups is 3. The molecule has 0 saturated carbocycles. The van der Waals surface area contributed by atoms with Gasteiger partial charge in [-0.1, -0.05) is 0 Å². The van der Waals surface area contributed by atoms with Gasteiger partial charge in [0.15, 0.2) is 6.23 Å². The predicted molar refractivity (Wildman–Crippen MR) is 141 cm³/mol. The SMILES string of the molecule is CS(=O)C[C@H]1OC(n2c3ccc(F)cc3c3c4c(c5c6cc(F)ccc6[nH]c5c32)C(=O)NC4=O)[C@H](O)[C@@H](O)[C@@H]1O. The summed E-state index contributed by atoms with van der Waals surface area (Å²) in [5.41, 5.74) is 1.17. The maximum atomic E-state index is 14.6. The van der Waals surface area contributed by atoms with E-state index < -0.39 is 64.9 Å². The minimum absolute atomic E-state index is 0.00696. The number of carbonyl (C=O) groups is 2. The second-order valence-electron chi connectivity index (χ2n) is 10.1. The molecule has 2 unspecified atom stereocenters. The van der Waals surface area contributed by atoms with Crippen LogP contribution in [-0.2, 0) is 15.5 Å². The van der Waals surface area contributed by atoms with Crippen molar-refractivity contribution in [2.75, 3.05) is 12.0 Å². The number of ether oxygens (including phenoxy) is 1. The van der Waals surface area contributed by atoms with Gasteiger partial charge in [0.05, 0.1) is 33.4 Å². The maximum Gasteiger partial charge on any atom is 0.259 e. The average Bonchev–Trinajstić information content (AvgIpc) is 3.52.